The number of nitrogens with zero attached hydrogens (tertiary/aromatic N) is 3. The molecule has 2 heterocycles. The zero-order valence-corrected chi connectivity index (χ0v) is 11.2. The van der Waals surface area contributed by atoms with Gasteiger partial charge in [0.1, 0.15) is 0 Å². The topological polar surface area (TPSA) is 50.2 Å². The fourth-order valence-electron chi connectivity index (χ4n) is 2.54. The summed E-state index contributed by atoms with van der Waals surface area (Å²) in [7, 11) is 1.99. The summed E-state index contributed by atoms with van der Waals surface area (Å²) in [6.45, 7) is 5.61. The molecule has 1 aromatic rings. The molecule has 0 unspecified atom stereocenters. The summed E-state index contributed by atoms with van der Waals surface area (Å²) in [5.41, 5.74) is 0.0343. The van der Waals surface area contributed by atoms with Crippen molar-refractivity contribution in [3.8, 4) is 0 Å². The first-order chi connectivity index (χ1) is 8.76. The molecule has 0 aromatic carbocycles. The molecule has 2 rings (SSSR count). The molecule has 1 saturated heterocycles. The van der Waals surface area contributed by atoms with E-state index in [2.05, 4.69) is 15.2 Å². The maximum atomic E-state index is 12.2. The Morgan fingerprint density at radius 1 is 1.44 bits per heavy atom. The SMILES string of the molecule is CCn1ccnc(N2CCC(CNC)CC2)c1=O. The molecule has 1 aliphatic heterocycles. The van der Waals surface area contributed by atoms with Gasteiger partial charge in [-0.1, -0.05) is 0 Å². The van der Waals surface area contributed by atoms with E-state index in [4.69, 9.17) is 0 Å². The van der Waals surface area contributed by atoms with Gasteiger partial charge in [0.2, 0.25) is 0 Å². The van der Waals surface area contributed by atoms with Crippen molar-refractivity contribution < 1.29 is 0 Å². The predicted molar refractivity (Wildman–Crippen MR) is 73.0 cm³/mol. The van der Waals surface area contributed by atoms with Crippen LogP contribution in [-0.2, 0) is 6.54 Å². The second kappa shape index (κ2) is 6.00. The molecule has 0 amide bonds. The summed E-state index contributed by atoms with van der Waals surface area (Å²) >= 11 is 0. The van der Waals surface area contributed by atoms with Gasteiger partial charge < -0.3 is 14.8 Å². The van der Waals surface area contributed by atoms with Crippen molar-refractivity contribution in [2.75, 3.05) is 31.6 Å². The highest BCUT2D eigenvalue weighted by molar-refractivity contribution is 5.36. The second-order valence-electron chi connectivity index (χ2n) is 4.83. The van der Waals surface area contributed by atoms with Crippen LogP contribution in [0.1, 0.15) is 19.8 Å². The number of piperidine rings is 1. The van der Waals surface area contributed by atoms with Crippen molar-refractivity contribution in [1.29, 1.82) is 0 Å². The summed E-state index contributed by atoms with van der Waals surface area (Å²) in [5, 5.41) is 3.22. The van der Waals surface area contributed by atoms with Gasteiger partial charge in [-0.3, -0.25) is 4.79 Å². The molecule has 100 valence electrons. The van der Waals surface area contributed by atoms with E-state index < -0.39 is 0 Å². The molecule has 1 aromatic heterocycles. The van der Waals surface area contributed by atoms with Crippen molar-refractivity contribution in [3.63, 3.8) is 0 Å². The Hall–Kier alpha value is -1.36. The molecule has 5 nitrogen and oxygen atoms in total. The maximum absolute atomic E-state index is 12.2. The Bertz CT molecular complexity index is 435. The van der Waals surface area contributed by atoms with Crippen molar-refractivity contribution >= 4 is 5.82 Å². The highest BCUT2D eigenvalue weighted by Gasteiger charge is 2.21. The van der Waals surface area contributed by atoms with Crippen LogP contribution in [0.5, 0.6) is 0 Å². The summed E-state index contributed by atoms with van der Waals surface area (Å²) in [4.78, 5) is 18.5. The van der Waals surface area contributed by atoms with Crippen LogP contribution >= 0.6 is 0 Å². The van der Waals surface area contributed by atoms with Gasteiger partial charge in [-0.25, -0.2) is 4.98 Å². The van der Waals surface area contributed by atoms with Gasteiger partial charge in [0.25, 0.3) is 5.56 Å². The second-order valence-corrected chi connectivity index (χ2v) is 4.83. The molecule has 0 bridgehead atoms. The van der Waals surface area contributed by atoms with E-state index in [-0.39, 0.29) is 5.56 Å². The third-order valence-electron chi connectivity index (χ3n) is 3.64. The van der Waals surface area contributed by atoms with Crippen LogP contribution in [0.3, 0.4) is 0 Å². The van der Waals surface area contributed by atoms with Crippen molar-refractivity contribution in [3.05, 3.63) is 22.7 Å². The lowest BCUT2D eigenvalue weighted by Gasteiger charge is -2.32. The molecule has 0 radical (unpaired) electrons. The molecule has 18 heavy (non-hydrogen) atoms. The normalized spacial score (nSPS) is 17.1. The number of nitrogens with one attached hydrogen (secondary N) is 1. The molecule has 0 aliphatic carbocycles. The minimum absolute atomic E-state index is 0.0343. The van der Waals surface area contributed by atoms with Crippen LogP contribution in [0.25, 0.3) is 0 Å². The minimum atomic E-state index is 0.0343. The van der Waals surface area contributed by atoms with Gasteiger partial charge in [0, 0.05) is 32.0 Å². The largest absolute Gasteiger partial charge is 0.352 e. The first kappa shape index (κ1) is 13.1. The molecular formula is C13H22N4O. The van der Waals surface area contributed by atoms with E-state index in [1.54, 1.807) is 17.0 Å². The van der Waals surface area contributed by atoms with Crippen LogP contribution < -0.4 is 15.8 Å². The maximum Gasteiger partial charge on any atom is 0.293 e. The fraction of sp³-hybridized carbons (Fsp3) is 0.692. The van der Waals surface area contributed by atoms with Crippen LogP contribution in [0.4, 0.5) is 5.82 Å². The Labute approximate surface area is 108 Å². The molecule has 5 heteroatoms. The number of rotatable bonds is 4. The molecule has 0 saturated carbocycles. The van der Waals surface area contributed by atoms with Crippen LogP contribution in [-0.4, -0.2) is 36.2 Å². The Morgan fingerprint density at radius 3 is 2.78 bits per heavy atom. The van der Waals surface area contributed by atoms with Gasteiger partial charge in [-0.2, -0.15) is 0 Å². The van der Waals surface area contributed by atoms with Gasteiger partial charge >= 0.3 is 0 Å². The summed E-state index contributed by atoms with van der Waals surface area (Å²) in [5.74, 6) is 1.34. The fourth-order valence-corrected chi connectivity index (χ4v) is 2.54. The molecular weight excluding hydrogens is 228 g/mol. The first-order valence-electron chi connectivity index (χ1n) is 6.71. The highest BCUT2D eigenvalue weighted by Crippen LogP contribution is 2.18. The van der Waals surface area contributed by atoms with Crippen LogP contribution in [0.15, 0.2) is 17.2 Å². The van der Waals surface area contributed by atoms with Gasteiger partial charge in [0.15, 0.2) is 5.82 Å². The van der Waals surface area contributed by atoms with Crippen LogP contribution in [0, 0.1) is 5.92 Å². The van der Waals surface area contributed by atoms with Crippen molar-refractivity contribution in [1.82, 2.24) is 14.9 Å². The highest BCUT2D eigenvalue weighted by atomic mass is 16.1. The zero-order valence-electron chi connectivity index (χ0n) is 11.2. The molecule has 1 aliphatic rings. The number of hydrogen-bond acceptors (Lipinski definition) is 4. The lowest BCUT2D eigenvalue weighted by atomic mass is 9.97. The number of hydrogen-bond donors (Lipinski definition) is 1. The standard InChI is InChI=1S/C13H22N4O/c1-3-16-9-6-15-12(13(16)18)17-7-4-11(5-8-17)10-14-2/h6,9,11,14H,3-5,7-8,10H2,1-2H3. The van der Waals surface area contributed by atoms with E-state index in [9.17, 15) is 4.79 Å². The minimum Gasteiger partial charge on any atom is -0.352 e. The van der Waals surface area contributed by atoms with E-state index in [0.717, 1.165) is 38.4 Å². The summed E-state index contributed by atoms with van der Waals surface area (Å²) in [6, 6.07) is 0. The third kappa shape index (κ3) is 2.72. The average Bonchev–Trinajstić information content (AvgIpc) is 2.41. The number of anilines is 1. The Kier molecular flexibility index (Phi) is 4.36. The summed E-state index contributed by atoms with van der Waals surface area (Å²) in [6.07, 6.45) is 5.73. The van der Waals surface area contributed by atoms with Crippen molar-refractivity contribution in [2.24, 2.45) is 5.92 Å². The van der Waals surface area contributed by atoms with Gasteiger partial charge in [0.05, 0.1) is 0 Å². The Morgan fingerprint density at radius 2 is 2.17 bits per heavy atom. The lowest BCUT2D eigenvalue weighted by molar-refractivity contribution is 0.391. The quantitative estimate of drug-likeness (QED) is 0.854. The monoisotopic (exact) mass is 250 g/mol. The lowest BCUT2D eigenvalue weighted by Crippen LogP contribution is -2.40. The number of aromatic nitrogens is 2. The van der Waals surface area contributed by atoms with Crippen molar-refractivity contribution in [2.45, 2.75) is 26.3 Å². The van der Waals surface area contributed by atoms with E-state index in [1.807, 2.05) is 14.0 Å². The Balaban J connectivity index is 2.08. The number of aryl methyl sites for hydroxylation is 1. The predicted octanol–water partition coefficient (Wildman–Crippen LogP) is 0.699. The van der Waals surface area contributed by atoms with Crippen LogP contribution in [0.2, 0.25) is 0 Å². The zero-order chi connectivity index (χ0) is 13.0. The van der Waals surface area contributed by atoms with E-state index >= 15 is 0 Å². The smallest absolute Gasteiger partial charge is 0.293 e. The first-order valence-corrected chi connectivity index (χ1v) is 6.71. The molecule has 1 N–H and O–H groups in total. The van der Waals surface area contributed by atoms with E-state index in [1.165, 1.54) is 0 Å². The molecule has 1 fully saturated rings. The molecule has 0 spiro atoms. The molecule has 0 atom stereocenters. The van der Waals surface area contributed by atoms with Gasteiger partial charge in [-0.15, -0.1) is 0 Å². The summed E-state index contributed by atoms with van der Waals surface area (Å²) < 4.78 is 1.71. The average molecular weight is 250 g/mol. The van der Waals surface area contributed by atoms with E-state index in [0.29, 0.717) is 12.4 Å². The van der Waals surface area contributed by atoms with Gasteiger partial charge in [-0.05, 0) is 39.3 Å². The third-order valence-corrected chi connectivity index (χ3v) is 3.64.